The molecular formula is C15H22ClNO. The van der Waals surface area contributed by atoms with E-state index in [9.17, 15) is 5.11 Å². The van der Waals surface area contributed by atoms with Crippen LogP contribution in [0.3, 0.4) is 0 Å². The van der Waals surface area contributed by atoms with Crippen molar-refractivity contribution in [3.8, 4) is 5.75 Å². The number of aromatic hydroxyl groups is 1. The summed E-state index contributed by atoms with van der Waals surface area (Å²) in [6.07, 6.45) is 6.45. The van der Waals surface area contributed by atoms with Crippen LogP contribution in [0.15, 0.2) is 18.2 Å². The van der Waals surface area contributed by atoms with Gasteiger partial charge in [-0.1, -0.05) is 43.9 Å². The van der Waals surface area contributed by atoms with Crippen molar-refractivity contribution >= 4 is 11.6 Å². The van der Waals surface area contributed by atoms with Crippen molar-refractivity contribution in [3.05, 3.63) is 28.8 Å². The molecule has 0 aliphatic heterocycles. The number of benzene rings is 1. The predicted molar refractivity (Wildman–Crippen MR) is 76.0 cm³/mol. The minimum atomic E-state index is 0.291. The van der Waals surface area contributed by atoms with Crippen LogP contribution in [-0.4, -0.2) is 11.1 Å². The summed E-state index contributed by atoms with van der Waals surface area (Å²) < 4.78 is 0. The van der Waals surface area contributed by atoms with E-state index in [1.54, 1.807) is 12.1 Å². The maximum Gasteiger partial charge on any atom is 0.121 e. The van der Waals surface area contributed by atoms with Gasteiger partial charge in [0.1, 0.15) is 5.75 Å². The molecular weight excluding hydrogens is 246 g/mol. The summed E-state index contributed by atoms with van der Waals surface area (Å²) in [7, 11) is 0. The number of hydrogen-bond acceptors (Lipinski definition) is 2. The maximum atomic E-state index is 9.82. The Morgan fingerprint density at radius 2 is 2.11 bits per heavy atom. The van der Waals surface area contributed by atoms with Crippen molar-refractivity contribution in [3.63, 3.8) is 0 Å². The third-order valence-electron chi connectivity index (χ3n) is 4.07. The fourth-order valence-electron chi connectivity index (χ4n) is 2.92. The van der Waals surface area contributed by atoms with E-state index in [1.165, 1.54) is 32.1 Å². The van der Waals surface area contributed by atoms with Crippen molar-refractivity contribution in [2.24, 2.45) is 5.92 Å². The monoisotopic (exact) mass is 267 g/mol. The Morgan fingerprint density at radius 1 is 1.33 bits per heavy atom. The molecule has 2 rings (SSSR count). The molecule has 100 valence electrons. The minimum absolute atomic E-state index is 0.291. The molecule has 1 aliphatic carbocycles. The van der Waals surface area contributed by atoms with Crippen LogP contribution in [0, 0.1) is 5.92 Å². The van der Waals surface area contributed by atoms with E-state index in [0.717, 1.165) is 11.5 Å². The second-order valence-corrected chi connectivity index (χ2v) is 5.58. The molecule has 0 heterocycles. The fraction of sp³-hybridized carbons (Fsp3) is 0.600. The molecule has 2 atom stereocenters. The van der Waals surface area contributed by atoms with Crippen molar-refractivity contribution in [2.45, 2.75) is 51.6 Å². The van der Waals surface area contributed by atoms with Gasteiger partial charge >= 0.3 is 0 Å². The first kappa shape index (κ1) is 13.7. The van der Waals surface area contributed by atoms with Gasteiger partial charge < -0.3 is 10.4 Å². The summed E-state index contributed by atoms with van der Waals surface area (Å²) in [4.78, 5) is 0. The first-order chi connectivity index (χ1) is 8.72. The van der Waals surface area contributed by atoms with Crippen LogP contribution >= 0.6 is 11.6 Å². The summed E-state index contributed by atoms with van der Waals surface area (Å²) in [5, 5.41) is 14.0. The molecule has 1 fully saturated rings. The number of phenols is 1. The molecule has 0 spiro atoms. The van der Waals surface area contributed by atoms with Gasteiger partial charge in [0.25, 0.3) is 0 Å². The highest BCUT2D eigenvalue weighted by Gasteiger charge is 2.23. The topological polar surface area (TPSA) is 32.3 Å². The van der Waals surface area contributed by atoms with Gasteiger partial charge in [-0.15, -0.1) is 0 Å². The maximum absolute atomic E-state index is 9.82. The average Bonchev–Trinajstić information content (AvgIpc) is 2.38. The van der Waals surface area contributed by atoms with E-state index in [0.29, 0.717) is 23.4 Å². The summed E-state index contributed by atoms with van der Waals surface area (Å²) in [6.45, 7) is 2.92. The number of halogens is 1. The van der Waals surface area contributed by atoms with Crippen molar-refractivity contribution < 1.29 is 5.11 Å². The van der Waals surface area contributed by atoms with E-state index in [-0.39, 0.29) is 0 Å². The molecule has 0 bridgehead atoms. The third kappa shape index (κ3) is 3.18. The van der Waals surface area contributed by atoms with Crippen molar-refractivity contribution in [1.82, 2.24) is 5.32 Å². The Hall–Kier alpha value is -0.730. The number of phenolic OH excluding ortho intramolecular Hbond substituents is 1. The molecule has 0 amide bonds. The molecule has 0 radical (unpaired) electrons. The van der Waals surface area contributed by atoms with E-state index >= 15 is 0 Å². The van der Waals surface area contributed by atoms with Gasteiger partial charge in [-0.05, 0) is 30.9 Å². The smallest absolute Gasteiger partial charge is 0.121 e. The zero-order valence-electron chi connectivity index (χ0n) is 11.0. The molecule has 3 heteroatoms. The largest absolute Gasteiger partial charge is 0.508 e. The van der Waals surface area contributed by atoms with Crippen LogP contribution in [0.2, 0.25) is 5.02 Å². The quantitative estimate of drug-likeness (QED) is 0.861. The molecule has 2 unspecified atom stereocenters. The Labute approximate surface area is 114 Å². The zero-order valence-corrected chi connectivity index (χ0v) is 11.7. The summed E-state index contributed by atoms with van der Waals surface area (Å²) in [5.74, 6) is 1.06. The van der Waals surface area contributed by atoms with E-state index < -0.39 is 0 Å². The van der Waals surface area contributed by atoms with Gasteiger partial charge in [0.05, 0.1) is 0 Å². The Bertz CT molecular complexity index is 374. The lowest BCUT2D eigenvalue weighted by Crippen LogP contribution is -2.37. The van der Waals surface area contributed by atoms with Gasteiger partial charge in [-0.3, -0.25) is 0 Å². The molecule has 1 saturated carbocycles. The molecule has 1 aromatic carbocycles. The lowest BCUT2D eigenvalue weighted by molar-refractivity contribution is 0.253. The predicted octanol–water partition coefficient (Wildman–Crippen LogP) is 4.10. The van der Waals surface area contributed by atoms with E-state index in [4.69, 9.17) is 11.6 Å². The van der Waals surface area contributed by atoms with Crippen molar-refractivity contribution in [1.29, 1.82) is 0 Å². The highest BCUT2D eigenvalue weighted by Crippen LogP contribution is 2.29. The summed E-state index contributed by atoms with van der Waals surface area (Å²) in [6, 6.07) is 5.87. The second kappa shape index (κ2) is 6.44. The van der Waals surface area contributed by atoms with Gasteiger partial charge in [-0.25, -0.2) is 0 Å². The molecule has 2 N–H and O–H groups in total. The van der Waals surface area contributed by atoms with Gasteiger partial charge in [0.2, 0.25) is 0 Å². The highest BCUT2D eigenvalue weighted by molar-refractivity contribution is 6.31. The Balaban J connectivity index is 1.98. The Morgan fingerprint density at radius 3 is 2.83 bits per heavy atom. The van der Waals surface area contributed by atoms with Crippen molar-refractivity contribution in [2.75, 3.05) is 0 Å². The molecule has 18 heavy (non-hydrogen) atoms. The first-order valence-corrected chi connectivity index (χ1v) is 7.30. The standard InChI is InChI=1S/C15H22ClNO/c1-2-11-6-3-4-8-14(11)17-10-12-13(16)7-5-9-15(12)18/h5,7,9,11,14,17-18H,2-4,6,8,10H2,1H3. The lowest BCUT2D eigenvalue weighted by atomic mass is 9.83. The third-order valence-corrected chi connectivity index (χ3v) is 4.42. The zero-order chi connectivity index (χ0) is 13.0. The van der Waals surface area contributed by atoms with Gasteiger partial charge in [-0.2, -0.15) is 0 Å². The molecule has 0 saturated heterocycles. The Kier molecular flexibility index (Phi) is 4.90. The van der Waals surface area contributed by atoms with Crippen LogP contribution in [0.1, 0.15) is 44.6 Å². The average molecular weight is 268 g/mol. The minimum Gasteiger partial charge on any atom is -0.508 e. The SMILES string of the molecule is CCC1CCCCC1NCc1c(O)cccc1Cl. The van der Waals surface area contributed by atoms with Gasteiger partial charge in [0, 0.05) is 23.2 Å². The van der Waals surface area contributed by atoms with E-state index in [2.05, 4.69) is 12.2 Å². The van der Waals surface area contributed by atoms with Crippen LogP contribution in [-0.2, 0) is 6.54 Å². The molecule has 0 aromatic heterocycles. The van der Waals surface area contributed by atoms with Crippen LogP contribution in [0.5, 0.6) is 5.75 Å². The normalized spacial score (nSPS) is 24.1. The number of rotatable bonds is 4. The number of hydrogen-bond donors (Lipinski definition) is 2. The lowest BCUT2D eigenvalue weighted by Gasteiger charge is -2.31. The van der Waals surface area contributed by atoms with Crippen LogP contribution in [0.25, 0.3) is 0 Å². The van der Waals surface area contributed by atoms with Gasteiger partial charge in [0.15, 0.2) is 0 Å². The molecule has 1 aromatic rings. The first-order valence-electron chi connectivity index (χ1n) is 6.92. The fourth-order valence-corrected chi connectivity index (χ4v) is 3.16. The van der Waals surface area contributed by atoms with Crippen LogP contribution < -0.4 is 5.32 Å². The molecule has 1 aliphatic rings. The summed E-state index contributed by atoms with van der Waals surface area (Å²) >= 11 is 6.12. The second-order valence-electron chi connectivity index (χ2n) is 5.18. The summed E-state index contributed by atoms with van der Waals surface area (Å²) in [5.41, 5.74) is 0.819. The van der Waals surface area contributed by atoms with Crippen LogP contribution in [0.4, 0.5) is 0 Å². The molecule has 2 nitrogen and oxygen atoms in total. The highest BCUT2D eigenvalue weighted by atomic mass is 35.5. The number of nitrogens with one attached hydrogen (secondary N) is 1. The van der Waals surface area contributed by atoms with E-state index in [1.807, 2.05) is 6.07 Å².